The monoisotopic (exact) mass is 345 g/mol. The van der Waals surface area contributed by atoms with Crippen LogP contribution >= 0.6 is 0 Å². The van der Waals surface area contributed by atoms with E-state index in [0.29, 0.717) is 0 Å². The number of aryl methyl sites for hydroxylation is 1. The summed E-state index contributed by atoms with van der Waals surface area (Å²) in [5, 5.41) is 2.22. The van der Waals surface area contributed by atoms with Crippen LogP contribution in [0.2, 0.25) is 0 Å². The van der Waals surface area contributed by atoms with Crippen LogP contribution in [0.5, 0.6) is 11.5 Å². The summed E-state index contributed by atoms with van der Waals surface area (Å²) in [5.74, 6) is 1.66. The number of benzene rings is 2. The number of methoxy groups -OCH3 is 2. The maximum Gasteiger partial charge on any atom is 0.161 e. The number of rotatable bonds is 4. The molecule has 1 atom stereocenters. The molecule has 0 bridgehead atoms. The number of ether oxygens (including phenoxy) is 2. The predicted molar refractivity (Wildman–Crippen MR) is 106 cm³/mol. The molecule has 0 fully saturated rings. The molecule has 0 saturated heterocycles. The van der Waals surface area contributed by atoms with Crippen molar-refractivity contribution in [2.24, 2.45) is 0 Å². The molecule has 132 valence electrons. The first kappa shape index (κ1) is 16.6. The van der Waals surface area contributed by atoms with Crippen molar-refractivity contribution in [1.82, 2.24) is 4.98 Å². The number of nitrogens with zero attached hydrogens (tertiary/aromatic N) is 1. The van der Waals surface area contributed by atoms with E-state index in [2.05, 4.69) is 37.3 Å². The largest absolute Gasteiger partial charge is 0.493 e. The Morgan fingerprint density at radius 1 is 1.04 bits per heavy atom. The summed E-state index contributed by atoms with van der Waals surface area (Å²) in [7, 11) is 3.33. The zero-order valence-corrected chi connectivity index (χ0v) is 15.5. The minimum absolute atomic E-state index is 0.189. The highest BCUT2D eigenvalue weighted by atomic mass is 16.5. The summed E-state index contributed by atoms with van der Waals surface area (Å²) >= 11 is 0. The lowest BCUT2D eigenvalue weighted by molar-refractivity contribution is 0.356. The van der Waals surface area contributed by atoms with E-state index in [9.17, 15) is 0 Å². The quantitative estimate of drug-likeness (QED) is 0.637. The number of hydrogen-bond donors (Lipinski definition) is 0. The van der Waals surface area contributed by atoms with Gasteiger partial charge >= 0.3 is 0 Å². The van der Waals surface area contributed by atoms with Crippen LogP contribution in [0, 0.1) is 0 Å². The van der Waals surface area contributed by atoms with Gasteiger partial charge in [-0.15, -0.1) is 0 Å². The second-order valence-electron chi connectivity index (χ2n) is 6.71. The first-order chi connectivity index (χ1) is 12.7. The van der Waals surface area contributed by atoms with Gasteiger partial charge in [0.25, 0.3) is 0 Å². The molecule has 1 unspecified atom stereocenters. The van der Waals surface area contributed by atoms with Gasteiger partial charge in [0.05, 0.1) is 19.9 Å². The van der Waals surface area contributed by atoms with Crippen molar-refractivity contribution in [1.29, 1.82) is 0 Å². The maximum absolute atomic E-state index is 5.51. The Labute approximate surface area is 154 Å². The Morgan fingerprint density at radius 3 is 2.65 bits per heavy atom. The Balaban J connectivity index is 1.88. The molecule has 1 aliphatic rings. The summed E-state index contributed by atoms with van der Waals surface area (Å²) < 4.78 is 11.0. The van der Waals surface area contributed by atoms with E-state index in [-0.39, 0.29) is 5.92 Å². The fourth-order valence-corrected chi connectivity index (χ4v) is 3.89. The first-order valence-corrected chi connectivity index (χ1v) is 9.02. The molecule has 0 N–H and O–H groups in total. The van der Waals surface area contributed by atoms with Crippen LogP contribution in [0.25, 0.3) is 16.8 Å². The minimum Gasteiger partial charge on any atom is -0.493 e. The van der Waals surface area contributed by atoms with Gasteiger partial charge in [0, 0.05) is 17.5 Å². The number of aromatic nitrogens is 1. The van der Waals surface area contributed by atoms with Crippen molar-refractivity contribution in [2.75, 3.05) is 14.2 Å². The predicted octanol–water partition coefficient (Wildman–Crippen LogP) is 5.36. The van der Waals surface area contributed by atoms with Gasteiger partial charge in [0.15, 0.2) is 11.5 Å². The Bertz CT molecular complexity index is 991. The van der Waals surface area contributed by atoms with Gasteiger partial charge in [0.2, 0.25) is 0 Å². The molecule has 0 radical (unpaired) electrons. The number of allylic oxidation sites excluding steroid dienone is 1. The molecule has 3 heteroatoms. The van der Waals surface area contributed by atoms with E-state index in [1.165, 1.54) is 16.7 Å². The normalized spacial score (nSPS) is 14.1. The molecule has 1 aliphatic carbocycles. The van der Waals surface area contributed by atoms with E-state index in [0.717, 1.165) is 40.8 Å². The summed E-state index contributed by atoms with van der Waals surface area (Å²) in [5.41, 5.74) is 5.17. The second-order valence-corrected chi connectivity index (χ2v) is 6.71. The summed E-state index contributed by atoms with van der Waals surface area (Å²) in [4.78, 5) is 4.74. The van der Waals surface area contributed by atoms with Crippen LogP contribution in [-0.4, -0.2) is 19.2 Å². The highest BCUT2D eigenvalue weighted by molar-refractivity contribution is 5.88. The van der Waals surface area contributed by atoms with Crippen LogP contribution in [-0.2, 0) is 6.42 Å². The molecule has 3 aromatic rings. The molecule has 1 aromatic heterocycles. The van der Waals surface area contributed by atoms with Crippen LogP contribution < -0.4 is 9.47 Å². The summed E-state index contributed by atoms with van der Waals surface area (Å²) in [6, 6.07) is 12.7. The van der Waals surface area contributed by atoms with Gasteiger partial charge in [-0.2, -0.15) is 0 Å². The van der Waals surface area contributed by atoms with Gasteiger partial charge in [0.1, 0.15) is 0 Å². The molecule has 26 heavy (non-hydrogen) atoms. The van der Waals surface area contributed by atoms with E-state index < -0.39 is 0 Å². The second kappa shape index (κ2) is 6.83. The lowest BCUT2D eigenvalue weighted by Crippen LogP contribution is -2.06. The Kier molecular flexibility index (Phi) is 4.37. The Hall–Kier alpha value is -2.81. The lowest BCUT2D eigenvalue weighted by Gasteiger charge is -2.21. The van der Waals surface area contributed by atoms with Crippen molar-refractivity contribution in [3.8, 4) is 11.5 Å². The van der Waals surface area contributed by atoms with E-state index in [1.807, 2.05) is 24.4 Å². The molecule has 1 heterocycles. The van der Waals surface area contributed by atoms with E-state index in [1.54, 1.807) is 14.2 Å². The SMILES string of the molecule is COc1cc2ccnc(C(C)c3cccc4c3C=CCC4)c2cc1OC. The molecule has 0 saturated carbocycles. The summed E-state index contributed by atoms with van der Waals surface area (Å²) in [6.45, 7) is 2.23. The van der Waals surface area contributed by atoms with Crippen LogP contribution in [0.3, 0.4) is 0 Å². The van der Waals surface area contributed by atoms with Gasteiger partial charge < -0.3 is 9.47 Å². The molecule has 3 nitrogen and oxygen atoms in total. The summed E-state index contributed by atoms with van der Waals surface area (Å²) in [6.07, 6.45) is 8.64. The molecule has 2 aromatic carbocycles. The van der Waals surface area contributed by atoms with E-state index in [4.69, 9.17) is 14.5 Å². The fourth-order valence-electron chi connectivity index (χ4n) is 3.89. The van der Waals surface area contributed by atoms with E-state index >= 15 is 0 Å². The number of fused-ring (bicyclic) bond motifs is 2. The van der Waals surface area contributed by atoms with Crippen molar-refractivity contribution in [3.05, 3.63) is 71.1 Å². The third-order valence-electron chi connectivity index (χ3n) is 5.27. The molecule has 0 spiro atoms. The molecular formula is C23H23NO2. The highest BCUT2D eigenvalue weighted by Gasteiger charge is 2.19. The van der Waals surface area contributed by atoms with Crippen molar-refractivity contribution in [3.63, 3.8) is 0 Å². The van der Waals surface area contributed by atoms with Gasteiger partial charge in [-0.25, -0.2) is 0 Å². The molecule has 0 aliphatic heterocycles. The third kappa shape index (κ3) is 2.74. The van der Waals surface area contributed by atoms with Crippen LogP contribution in [0.1, 0.15) is 41.6 Å². The van der Waals surface area contributed by atoms with Crippen LogP contribution in [0.15, 0.2) is 48.7 Å². The topological polar surface area (TPSA) is 31.4 Å². The Morgan fingerprint density at radius 2 is 1.85 bits per heavy atom. The van der Waals surface area contributed by atoms with Gasteiger partial charge in [-0.3, -0.25) is 4.98 Å². The molecule has 0 amide bonds. The zero-order chi connectivity index (χ0) is 18.1. The van der Waals surface area contributed by atoms with Gasteiger partial charge in [-0.05, 0) is 53.1 Å². The van der Waals surface area contributed by atoms with Crippen molar-refractivity contribution < 1.29 is 9.47 Å². The standard InChI is InChI=1S/C23H23NO2/c1-15(18-10-6-8-16-7-4-5-9-19(16)18)23-20-14-22(26-3)21(25-2)13-17(20)11-12-24-23/h5-6,8-15H,4,7H2,1-3H3. The average molecular weight is 345 g/mol. The molecular weight excluding hydrogens is 322 g/mol. The fraction of sp³-hybridized carbons (Fsp3) is 0.261. The average Bonchev–Trinajstić information content (AvgIpc) is 2.71. The first-order valence-electron chi connectivity index (χ1n) is 9.02. The smallest absolute Gasteiger partial charge is 0.161 e. The van der Waals surface area contributed by atoms with Crippen LogP contribution in [0.4, 0.5) is 0 Å². The number of hydrogen-bond acceptors (Lipinski definition) is 3. The zero-order valence-electron chi connectivity index (χ0n) is 15.5. The van der Waals surface area contributed by atoms with Crippen molar-refractivity contribution in [2.45, 2.75) is 25.7 Å². The number of pyridine rings is 1. The van der Waals surface area contributed by atoms with Gasteiger partial charge in [-0.1, -0.05) is 37.3 Å². The third-order valence-corrected chi connectivity index (χ3v) is 5.27. The molecule has 4 rings (SSSR count). The maximum atomic E-state index is 5.51. The highest BCUT2D eigenvalue weighted by Crippen LogP contribution is 2.38. The minimum atomic E-state index is 0.189. The van der Waals surface area contributed by atoms with Crippen molar-refractivity contribution >= 4 is 16.8 Å². The lowest BCUT2D eigenvalue weighted by atomic mass is 9.85.